The summed E-state index contributed by atoms with van der Waals surface area (Å²) in [5.41, 5.74) is 5.87. The van der Waals surface area contributed by atoms with E-state index in [2.05, 4.69) is 76.3 Å². The molecule has 4 rings (SSSR count). The third kappa shape index (κ3) is 2.88. The summed E-state index contributed by atoms with van der Waals surface area (Å²) in [7, 11) is 2.04. The van der Waals surface area contributed by atoms with Crippen LogP contribution >= 0.6 is 12.2 Å². The van der Waals surface area contributed by atoms with Crippen LogP contribution in [0.25, 0.3) is 0 Å². The maximum Gasteiger partial charge on any atom is 0.174 e. The van der Waals surface area contributed by atoms with Gasteiger partial charge in [0, 0.05) is 31.3 Å². The lowest BCUT2D eigenvalue weighted by atomic mass is 9.98. The van der Waals surface area contributed by atoms with Crippen LogP contribution in [0.4, 0.5) is 5.69 Å². The van der Waals surface area contributed by atoms with E-state index < -0.39 is 0 Å². The first-order valence-electron chi connectivity index (χ1n) is 8.74. The highest BCUT2D eigenvalue weighted by Crippen LogP contribution is 2.41. The predicted octanol–water partition coefficient (Wildman–Crippen LogP) is 4.21. The fraction of sp³-hybridized carbons (Fsp3) is 0.238. The van der Waals surface area contributed by atoms with Crippen molar-refractivity contribution in [1.29, 1.82) is 0 Å². The Morgan fingerprint density at radius 1 is 1.08 bits per heavy atom. The molecule has 0 aliphatic carbocycles. The van der Waals surface area contributed by atoms with Gasteiger partial charge in [0.2, 0.25) is 0 Å². The van der Waals surface area contributed by atoms with E-state index in [9.17, 15) is 0 Å². The molecule has 1 aliphatic rings. The fourth-order valence-electron chi connectivity index (χ4n) is 3.55. The first kappa shape index (κ1) is 16.8. The topological polar surface area (TPSA) is 33.1 Å². The molecule has 0 spiro atoms. The molecular formula is C21H22N4S. The van der Waals surface area contributed by atoms with Crippen LogP contribution in [0.1, 0.15) is 34.5 Å². The molecule has 4 nitrogen and oxygen atoms in total. The summed E-state index contributed by atoms with van der Waals surface area (Å²) < 4.78 is 2.07. The maximum absolute atomic E-state index is 5.74. The molecule has 2 atom stereocenters. The van der Waals surface area contributed by atoms with Crippen molar-refractivity contribution in [1.82, 2.24) is 14.9 Å². The van der Waals surface area contributed by atoms with Crippen molar-refractivity contribution in [2.24, 2.45) is 7.05 Å². The monoisotopic (exact) mass is 362 g/mol. The Bertz CT molecular complexity index is 948. The summed E-state index contributed by atoms with van der Waals surface area (Å²) >= 11 is 5.74. The molecule has 0 saturated carbocycles. The highest BCUT2D eigenvalue weighted by molar-refractivity contribution is 7.80. The van der Waals surface area contributed by atoms with Crippen molar-refractivity contribution in [3.63, 3.8) is 0 Å². The first-order valence-corrected chi connectivity index (χ1v) is 9.15. The highest BCUT2D eigenvalue weighted by Gasteiger charge is 2.40. The molecule has 5 heteroatoms. The molecule has 1 aliphatic heterocycles. The van der Waals surface area contributed by atoms with Crippen LogP contribution in [0.5, 0.6) is 0 Å². The first-order chi connectivity index (χ1) is 12.5. The Hall–Kier alpha value is -2.66. The van der Waals surface area contributed by atoms with Crippen LogP contribution < -0.4 is 10.2 Å². The Balaban J connectivity index is 1.83. The minimum Gasteiger partial charge on any atom is -0.357 e. The molecule has 0 amide bonds. The maximum atomic E-state index is 5.74. The molecule has 132 valence electrons. The zero-order chi connectivity index (χ0) is 18.3. The van der Waals surface area contributed by atoms with Gasteiger partial charge in [-0.2, -0.15) is 0 Å². The number of aryl methyl sites for hydroxylation is 3. The van der Waals surface area contributed by atoms with Crippen molar-refractivity contribution in [3.8, 4) is 0 Å². The van der Waals surface area contributed by atoms with E-state index in [1.165, 1.54) is 16.7 Å². The number of nitrogens with one attached hydrogen (secondary N) is 1. The van der Waals surface area contributed by atoms with E-state index in [0.29, 0.717) is 0 Å². The van der Waals surface area contributed by atoms with Gasteiger partial charge in [0.25, 0.3) is 0 Å². The predicted molar refractivity (Wildman–Crippen MR) is 109 cm³/mol. The summed E-state index contributed by atoms with van der Waals surface area (Å²) in [6.07, 6.45) is 6.07. The molecule has 1 saturated heterocycles. The Morgan fingerprint density at radius 2 is 1.92 bits per heavy atom. The second-order valence-corrected chi connectivity index (χ2v) is 7.26. The fourth-order valence-corrected chi connectivity index (χ4v) is 3.89. The van der Waals surface area contributed by atoms with E-state index in [1.54, 1.807) is 0 Å². The lowest BCUT2D eigenvalue weighted by molar-refractivity contribution is 0.567. The minimum absolute atomic E-state index is 0.00714. The third-order valence-corrected chi connectivity index (χ3v) is 5.38. The van der Waals surface area contributed by atoms with Gasteiger partial charge in [-0.05, 0) is 73.1 Å². The van der Waals surface area contributed by atoms with Crippen molar-refractivity contribution < 1.29 is 0 Å². The summed E-state index contributed by atoms with van der Waals surface area (Å²) in [5, 5.41) is 4.23. The largest absolute Gasteiger partial charge is 0.357 e. The van der Waals surface area contributed by atoms with E-state index in [1.807, 2.05) is 25.4 Å². The Kier molecular flexibility index (Phi) is 4.24. The number of hydrogen-bond acceptors (Lipinski definition) is 2. The quantitative estimate of drug-likeness (QED) is 0.708. The number of hydrogen-bond donors (Lipinski definition) is 1. The van der Waals surface area contributed by atoms with Gasteiger partial charge >= 0.3 is 0 Å². The molecule has 0 radical (unpaired) electrons. The second kappa shape index (κ2) is 6.57. The van der Waals surface area contributed by atoms with Gasteiger partial charge in [-0.3, -0.25) is 4.98 Å². The highest BCUT2D eigenvalue weighted by atomic mass is 32.1. The van der Waals surface area contributed by atoms with Crippen molar-refractivity contribution in [3.05, 3.63) is 83.4 Å². The van der Waals surface area contributed by atoms with Crippen LogP contribution in [0, 0.1) is 13.8 Å². The molecular weight excluding hydrogens is 340 g/mol. The van der Waals surface area contributed by atoms with Gasteiger partial charge < -0.3 is 14.8 Å². The molecule has 1 fully saturated rings. The van der Waals surface area contributed by atoms with E-state index >= 15 is 0 Å². The third-order valence-electron chi connectivity index (χ3n) is 5.06. The summed E-state index contributed by atoms with van der Waals surface area (Å²) in [6, 6.07) is 14.7. The van der Waals surface area contributed by atoms with Gasteiger partial charge in [0.05, 0.1) is 17.8 Å². The van der Waals surface area contributed by atoms with Crippen molar-refractivity contribution in [2.75, 3.05) is 4.90 Å². The van der Waals surface area contributed by atoms with Gasteiger partial charge in [-0.15, -0.1) is 0 Å². The normalized spacial score (nSPS) is 19.7. The molecule has 26 heavy (non-hydrogen) atoms. The number of pyridine rings is 1. The Labute approximate surface area is 159 Å². The SMILES string of the molecule is Cc1ccc(N2C(=S)NC(c3ccccn3)C2c2ccn(C)c2)cc1C. The molecule has 3 aromatic rings. The summed E-state index contributed by atoms with van der Waals surface area (Å²) in [5.74, 6) is 0. The minimum atomic E-state index is 0.00714. The average molecular weight is 363 g/mol. The van der Waals surface area contributed by atoms with Crippen molar-refractivity contribution in [2.45, 2.75) is 25.9 Å². The van der Waals surface area contributed by atoms with E-state index in [4.69, 9.17) is 12.2 Å². The number of benzene rings is 1. The molecule has 2 unspecified atom stereocenters. The van der Waals surface area contributed by atoms with Crippen LogP contribution in [-0.2, 0) is 7.05 Å². The molecule has 3 heterocycles. The van der Waals surface area contributed by atoms with Gasteiger partial charge in [-0.1, -0.05) is 12.1 Å². The average Bonchev–Trinajstić information content (AvgIpc) is 3.21. The lowest BCUT2D eigenvalue weighted by Gasteiger charge is -2.27. The number of aromatic nitrogens is 2. The molecule has 2 aromatic heterocycles. The van der Waals surface area contributed by atoms with Gasteiger partial charge in [0.15, 0.2) is 5.11 Å². The molecule has 1 aromatic carbocycles. The number of anilines is 1. The van der Waals surface area contributed by atoms with E-state index in [0.717, 1.165) is 16.5 Å². The second-order valence-electron chi connectivity index (χ2n) is 6.88. The summed E-state index contributed by atoms with van der Waals surface area (Å²) in [6.45, 7) is 4.27. The van der Waals surface area contributed by atoms with Crippen LogP contribution in [-0.4, -0.2) is 14.7 Å². The van der Waals surface area contributed by atoms with Gasteiger partial charge in [-0.25, -0.2) is 0 Å². The summed E-state index contributed by atoms with van der Waals surface area (Å²) in [4.78, 5) is 6.80. The zero-order valence-electron chi connectivity index (χ0n) is 15.2. The van der Waals surface area contributed by atoms with Crippen LogP contribution in [0.15, 0.2) is 61.1 Å². The van der Waals surface area contributed by atoms with Crippen LogP contribution in [0.3, 0.4) is 0 Å². The standard InChI is InChI=1S/C21H22N4S/c1-14-7-8-17(12-15(14)2)25-20(16-9-11-24(3)13-16)19(23-21(25)26)18-6-4-5-10-22-18/h4-13,19-20H,1-3H3,(H,23,26). The van der Waals surface area contributed by atoms with E-state index in [-0.39, 0.29) is 12.1 Å². The number of rotatable bonds is 3. The van der Waals surface area contributed by atoms with Crippen LogP contribution in [0.2, 0.25) is 0 Å². The number of thiocarbonyl (C=S) groups is 1. The zero-order valence-corrected chi connectivity index (χ0v) is 16.0. The van der Waals surface area contributed by atoms with Crippen molar-refractivity contribution >= 4 is 23.0 Å². The molecule has 1 N–H and O–H groups in total. The number of nitrogens with zero attached hydrogens (tertiary/aromatic N) is 3. The Morgan fingerprint density at radius 3 is 2.58 bits per heavy atom. The lowest BCUT2D eigenvalue weighted by Crippen LogP contribution is -2.29. The van der Waals surface area contributed by atoms with Gasteiger partial charge in [0.1, 0.15) is 0 Å². The smallest absolute Gasteiger partial charge is 0.174 e. The molecule has 0 bridgehead atoms.